The highest BCUT2D eigenvalue weighted by Crippen LogP contribution is 2.24. The highest BCUT2D eigenvalue weighted by atomic mass is 32.2. The lowest BCUT2D eigenvalue weighted by Crippen LogP contribution is -2.24. The van der Waals surface area contributed by atoms with E-state index in [9.17, 15) is 14.9 Å². The first-order chi connectivity index (χ1) is 9.10. The molecule has 1 rings (SSSR count). The normalized spacial score (nSPS) is 10.0. The molecule has 7 heteroatoms. The van der Waals surface area contributed by atoms with Crippen LogP contribution in [0.5, 0.6) is 0 Å². The van der Waals surface area contributed by atoms with E-state index >= 15 is 0 Å². The average molecular weight is 283 g/mol. The van der Waals surface area contributed by atoms with Crippen molar-refractivity contribution in [1.82, 2.24) is 5.32 Å². The molecule has 1 aromatic carbocycles. The first-order valence-corrected chi connectivity index (χ1v) is 7.23. The van der Waals surface area contributed by atoms with Gasteiger partial charge in [0.15, 0.2) is 0 Å². The van der Waals surface area contributed by atoms with Crippen LogP contribution in [0.3, 0.4) is 0 Å². The second-order valence-electron chi connectivity index (χ2n) is 3.84. The van der Waals surface area contributed by atoms with Crippen LogP contribution in [0, 0.1) is 10.1 Å². The maximum Gasteiger partial charge on any atom is 0.292 e. The molecule has 1 amide bonds. The van der Waals surface area contributed by atoms with E-state index in [0.717, 1.165) is 12.2 Å². The second kappa shape index (κ2) is 7.63. The van der Waals surface area contributed by atoms with E-state index in [1.165, 1.54) is 18.2 Å². The van der Waals surface area contributed by atoms with Gasteiger partial charge in [-0.15, -0.1) is 0 Å². The highest BCUT2D eigenvalue weighted by Gasteiger charge is 2.15. The van der Waals surface area contributed by atoms with Crippen LogP contribution >= 0.6 is 11.8 Å². The Bertz CT molecular complexity index is 466. The summed E-state index contributed by atoms with van der Waals surface area (Å²) in [6.07, 6.45) is 2.91. The van der Waals surface area contributed by atoms with Gasteiger partial charge in [0.25, 0.3) is 11.6 Å². The standard InChI is InChI=1S/C12H17N3O3S/c1-13-10-8-9(4-5-11(10)15(17)18)12(16)14-6-3-7-19-2/h4-5,8,13H,3,6-7H2,1-2H3,(H,14,16). The van der Waals surface area contributed by atoms with Crippen molar-refractivity contribution >= 4 is 29.0 Å². The molecule has 0 unspecified atom stereocenters. The Morgan fingerprint density at radius 3 is 2.79 bits per heavy atom. The molecule has 0 atom stereocenters. The van der Waals surface area contributed by atoms with Crippen LogP contribution in [-0.2, 0) is 0 Å². The topological polar surface area (TPSA) is 84.3 Å². The molecule has 1 aromatic rings. The van der Waals surface area contributed by atoms with Gasteiger partial charge in [0.1, 0.15) is 5.69 Å². The van der Waals surface area contributed by atoms with Gasteiger partial charge in [0.05, 0.1) is 4.92 Å². The fourth-order valence-electron chi connectivity index (χ4n) is 1.56. The number of nitro groups is 1. The van der Waals surface area contributed by atoms with E-state index in [1.54, 1.807) is 18.8 Å². The van der Waals surface area contributed by atoms with Gasteiger partial charge in [0, 0.05) is 25.2 Å². The number of carbonyl (C=O) groups is 1. The lowest BCUT2D eigenvalue weighted by atomic mass is 10.1. The third-order valence-corrected chi connectivity index (χ3v) is 3.23. The summed E-state index contributed by atoms with van der Waals surface area (Å²) < 4.78 is 0. The predicted molar refractivity (Wildman–Crippen MR) is 78.0 cm³/mol. The maximum atomic E-state index is 11.8. The summed E-state index contributed by atoms with van der Waals surface area (Å²) in [7, 11) is 1.59. The molecular formula is C12H17N3O3S. The highest BCUT2D eigenvalue weighted by molar-refractivity contribution is 7.98. The lowest BCUT2D eigenvalue weighted by Gasteiger charge is -2.07. The van der Waals surface area contributed by atoms with Crippen LogP contribution in [0.4, 0.5) is 11.4 Å². The zero-order chi connectivity index (χ0) is 14.3. The maximum absolute atomic E-state index is 11.8. The smallest absolute Gasteiger partial charge is 0.292 e. The molecule has 0 bridgehead atoms. The van der Waals surface area contributed by atoms with Crippen molar-refractivity contribution in [2.24, 2.45) is 0 Å². The number of anilines is 1. The minimum atomic E-state index is -0.480. The number of hydrogen-bond acceptors (Lipinski definition) is 5. The van der Waals surface area contributed by atoms with Gasteiger partial charge in [-0.25, -0.2) is 0 Å². The molecule has 0 radical (unpaired) electrons. The third-order valence-electron chi connectivity index (χ3n) is 2.54. The average Bonchev–Trinajstić information content (AvgIpc) is 2.42. The first-order valence-electron chi connectivity index (χ1n) is 5.83. The van der Waals surface area contributed by atoms with Gasteiger partial charge in [-0.2, -0.15) is 11.8 Å². The molecule has 2 N–H and O–H groups in total. The van der Waals surface area contributed by atoms with Crippen molar-refractivity contribution in [3.05, 3.63) is 33.9 Å². The molecule has 104 valence electrons. The number of nitrogens with one attached hydrogen (secondary N) is 2. The Balaban J connectivity index is 2.73. The van der Waals surface area contributed by atoms with Crippen LogP contribution in [-0.4, -0.2) is 36.4 Å². The summed E-state index contributed by atoms with van der Waals surface area (Å²) >= 11 is 1.72. The number of amides is 1. The van der Waals surface area contributed by atoms with Gasteiger partial charge in [0.2, 0.25) is 0 Å². The monoisotopic (exact) mass is 283 g/mol. The molecule has 0 spiro atoms. The molecule has 0 aliphatic heterocycles. The number of benzene rings is 1. The fraction of sp³-hybridized carbons (Fsp3) is 0.417. The minimum absolute atomic E-state index is 0.0403. The largest absolute Gasteiger partial charge is 0.383 e. The van der Waals surface area contributed by atoms with Crippen molar-refractivity contribution in [1.29, 1.82) is 0 Å². The van der Waals surface area contributed by atoms with E-state index in [0.29, 0.717) is 17.8 Å². The lowest BCUT2D eigenvalue weighted by molar-refractivity contribution is -0.383. The van der Waals surface area contributed by atoms with Gasteiger partial charge in [-0.05, 0) is 30.6 Å². The summed E-state index contributed by atoms with van der Waals surface area (Å²) in [4.78, 5) is 22.1. The third kappa shape index (κ3) is 4.44. The van der Waals surface area contributed by atoms with Crippen molar-refractivity contribution in [2.45, 2.75) is 6.42 Å². The Morgan fingerprint density at radius 2 is 2.21 bits per heavy atom. The van der Waals surface area contributed by atoms with Crippen molar-refractivity contribution < 1.29 is 9.72 Å². The Labute approximate surface area is 116 Å². The Morgan fingerprint density at radius 1 is 1.47 bits per heavy atom. The molecule has 6 nitrogen and oxygen atoms in total. The first kappa shape index (κ1) is 15.3. The number of nitro benzene ring substituents is 1. The number of hydrogen-bond donors (Lipinski definition) is 2. The zero-order valence-corrected chi connectivity index (χ0v) is 11.8. The Hall–Kier alpha value is -1.76. The number of rotatable bonds is 7. The Kier molecular flexibility index (Phi) is 6.14. The SMILES string of the molecule is CNc1cc(C(=O)NCCCSC)ccc1[N+](=O)[O-]. The van der Waals surface area contributed by atoms with Gasteiger partial charge >= 0.3 is 0 Å². The number of thioether (sulfide) groups is 1. The molecule has 0 fully saturated rings. The molecular weight excluding hydrogens is 266 g/mol. The summed E-state index contributed by atoms with van der Waals surface area (Å²) in [5.74, 6) is 0.773. The van der Waals surface area contributed by atoms with Crippen LogP contribution in [0.2, 0.25) is 0 Å². The van der Waals surface area contributed by atoms with E-state index in [-0.39, 0.29) is 11.6 Å². The summed E-state index contributed by atoms with van der Waals surface area (Å²) in [6, 6.07) is 4.29. The molecule has 0 saturated heterocycles. The van der Waals surface area contributed by atoms with Crippen LogP contribution in [0.1, 0.15) is 16.8 Å². The molecule has 19 heavy (non-hydrogen) atoms. The summed E-state index contributed by atoms with van der Waals surface area (Å²) in [5.41, 5.74) is 0.710. The summed E-state index contributed by atoms with van der Waals surface area (Å²) in [5, 5.41) is 16.3. The van der Waals surface area contributed by atoms with E-state index in [2.05, 4.69) is 10.6 Å². The van der Waals surface area contributed by atoms with Gasteiger partial charge < -0.3 is 10.6 Å². The fourth-order valence-corrected chi connectivity index (χ4v) is 1.99. The molecule has 0 saturated carbocycles. The van der Waals surface area contributed by atoms with Crippen LogP contribution < -0.4 is 10.6 Å². The quantitative estimate of drug-likeness (QED) is 0.455. The van der Waals surface area contributed by atoms with Crippen molar-refractivity contribution in [3.8, 4) is 0 Å². The van der Waals surface area contributed by atoms with Gasteiger partial charge in [-0.1, -0.05) is 0 Å². The minimum Gasteiger partial charge on any atom is -0.383 e. The number of carbonyl (C=O) groups excluding carboxylic acids is 1. The molecule has 0 aliphatic rings. The molecule has 0 aromatic heterocycles. The number of nitrogens with zero attached hydrogens (tertiary/aromatic N) is 1. The predicted octanol–water partition coefficient (Wildman–Crippen LogP) is 2.12. The van der Waals surface area contributed by atoms with Crippen LogP contribution in [0.15, 0.2) is 18.2 Å². The van der Waals surface area contributed by atoms with Crippen molar-refractivity contribution in [3.63, 3.8) is 0 Å². The zero-order valence-electron chi connectivity index (χ0n) is 10.9. The van der Waals surface area contributed by atoms with E-state index < -0.39 is 4.92 Å². The van der Waals surface area contributed by atoms with E-state index in [4.69, 9.17) is 0 Å². The summed E-state index contributed by atoms with van der Waals surface area (Å²) in [6.45, 7) is 0.603. The van der Waals surface area contributed by atoms with Crippen molar-refractivity contribution in [2.75, 3.05) is 30.9 Å². The molecule has 0 aliphatic carbocycles. The van der Waals surface area contributed by atoms with Crippen LogP contribution in [0.25, 0.3) is 0 Å². The second-order valence-corrected chi connectivity index (χ2v) is 4.83. The van der Waals surface area contributed by atoms with E-state index in [1.807, 2.05) is 6.26 Å². The molecule has 0 heterocycles. The van der Waals surface area contributed by atoms with Gasteiger partial charge in [-0.3, -0.25) is 14.9 Å².